The van der Waals surface area contributed by atoms with Crippen LogP contribution >= 0.6 is 0 Å². The van der Waals surface area contributed by atoms with E-state index in [0.717, 1.165) is 11.3 Å². The molecule has 0 aliphatic carbocycles. The van der Waals surface area contributed by atoms with E-state index in [0.29, 0.717) is 11.6 Å². The monoisotopic (exact) mass is 435 g/mol. The van der Waals surface area contributed by atoms with E-state index in [-0.39, 0.29) is 24.1 Å². The highest BCUT2D eigenvalue weighted by Crippen LogP contribution is 2.28. The molecule has 168 valence electrons. The molecule has 5 N–H and O–H groups in total. The van der Waals surface area contributed by atoms with Crippen molar-refractivity contribution in [2.75, 3.05) is 10.6 Å². The number of carbonyl (C=O) groups excluding carboxylic acids is 3. The molecule has 32 heavy (non-hydrogen) atoms. The lowest BCUT2D eigenvalue weighted by Crippen LogP contribution is -2.72. The van der Waals surface area contributed by atoms with Crippen LogP contribution in [0.2, 0.25) is 0 Å². The van der Waals surface area contributed by atoms with Crippen LogP contribution in [-0.2, 0) is 14.4 Å². The Morgan fingerprint density at radius 3 is 2.28 bits per heavy atom. The maximum absolute atomic E-state index is 13.0. The topological polar surface area (TPSA) is 111 Å². The Kier molecular flexibility index (Phi) is 6.14. The summed E-state index contributed by atoms with van der Waals surface area (Å²) in [5.74, 6) is -1.98. The third-order valence-electron chi connectivity index (χ3n) is 5.99. The van der Waals surface area contributed by atoms with Crippen molar-refractivity contribution >= 4 is 29.1 Å². The van der Waals surface area contributed by atoms with Crippen molar-refractivity contribution in [2.24, 2.45) is 11.8 Å². The van der Waals surface area contributed by atoms with Gasteiger partial charge in [-0.05, 0) is 42.7 Å². The number of rotatable bonds is 5. The molecular formula is C24H29N5O3. The average molecular weight is 436 g/mol. The normalized spacial score (nSPS) is 24.9. The molecule has 2 aromatic rings. The Bertz CT molecular complexity index is 1000. The van der Waals surface area contributed by atoms with Crippen LogP contribution in [0.15, 0.2) is 48.5 Å². The molecule has 0 aromatic heterocycles. The second-order valence-corrected chi connectivity index (χ2v) is 8.77. The fraction of sp³-hybridized carbons (Fsp3) is 0.375. The van der Waals surface area contributed by atoms with E-state index < -0.39 is 24.3 Å². The first-order valence-electron chi connectivity index (χ1n) is 10.9. The molecule has 0 spiro atoms. The first kappa shape index (κ1) is 21.8. The van der Waals surface area contributed by atoms with Crippen molar-refractivity contribution in [2.45, 2.75) is 45.6 Å². The summed E-state index contributed by atoms with van der Waals surface area (Å²) in [6, 6.07) is 15.4. The molecule has 4 rings (SSSR count). The minimum Gasteiger partial charge on any atom is -0.353 e. The number of fused-ring (bicyclic) bond motifs is 1. The lowest BCUT2D eigenvalue weighted by atomic mass is 9.81. The summed E-state index contributed by atoms with van der Waals surface area (Å²) in [5, 5.41) is 14.9. The summed E-state index contributed by atoms with van der Waals surface area (Å²) < 4.78 is 0. The van der Waals surface area contributed by atoms with Crippen molar-refractivity contribution in [1.82, 2.24) is 16.0 Å². The highest BCUT2D eigenvalue weighted by molar-refractivity contribution is 6.00. The molecule has 2 aliphatic heterocycles. The zero-order chi connectivity index (χ0) is 22.8. The lowest BCUT2D eigenvalue weighted by Gasteiger charge is -2.43. The van der Waals surface area contributed by atoms with E-state index in [1.807, 2.05) is 55.5 Å². The summed E-state index contributed by atoms with van der Waals surface area (Å²) in [5.41, 5.74) is 3.77. The fourth-order valence-electron chi connectivity index (χ4n) is 4.16. The van der Waals surface area contributed by atoms with Gasteiger partial charge in [-0.25, -0.2) is 0 Å². The molecule has 8 heteroatoms. The predicted octanol–water partition coefficient (Wildman–Crippen LogP) is 2.25. The number of benzene rings is 2. The Morgan fingerprint density at radius 2 is 1.62 bits per heavy atom. The molecule has 2 heterocycles. The van der Waals surface area contributed by atoms with E-state index in [9.17, 15) is 14.4 Å². The second-order valence-electron chi connectivity index (χ2n) is 8.77. The van der Waals surface area contributed by atoms with E-state index in [2.05, 4.69) is 40.4 Å². The van der Waals surface area contributed by atoms with Crippen LogP contribution in [-0.4, -0.2) is 30.2 Å². The quantitative estimate of drug-likeness (QED) is 0.495. The molecule has 0 radical (unpaired) electrons. The first-order chi connectivity index (χ1) is 15.3. The van der Waals surface area contributed by atoms with E-state index >= 15 is 0 Å². The highest BCUT2D eigenvalue weighted by atomic mass is 16.2. The number of amides is 3. The van der Waals surface area contributed by atoms with Gasteiger partial charge < -0.3 is 21.3 Å². The zero-order valence-electron chi connectivity index (χ0n) is 18.4. The summed E-state index contributed by atoms with van der Waals surface area (Å²) >= 11 is 0. The van der Waals surface area contributed by atoms with Gasteiger partial charge in [0, 0.05) is 17.8 Å². The Hall–Kier alpha value is -3.39. The van der Waals surface area contributed by atoms with Crippen LogP contribution in [0.3, 0.4) is 0 Å². The van der Waals surface area contributed by atoms with Gasteiger partial charge in [-0.2, -0.15) is 0 Å². The van der Waals surface area contributed by atoms with Crippen molar-refractivity contribution in [3.63, 3.8) is 0 Å². The number of piperidine rings is 1. The molecule has 2 aliphatic rings. The first-order valence-corrected chi connectivity index (χ1v) is 10.9. The minimum atomic E-state index is -0.772. The zero-order valence-corrected chi connectivity index (χ0v) is 18.4. The largest absolute Gasteiger partial charge is 0.353 e. The van der Waals surface area contributed by atoms with Gasteiger partial charge in [0.2, 0.25) is 17.7 Å². The summed E-state index contributed by atoms with van der Waals surface area (Å²) in [6.45, 7) is 6.20. The summed E-state index contributed by atoms with van der Waals surface area (Å²) in [7, 11) is 0. The molecule has 2 saturated heterocycles. The predicted molar refractivity (Wildman–Crippen MR) is 123 cm³/mol. The average Bonchev–Trinajstić information content (AvgIpc) is 2.75. The van der Waals surface area contributed by atoms with Crippen LogP contribution in [0.4, 0.5) is 11.4 Å². The SMILES string of the molecule is Cc1ccc(NC2NC(=O)C3C(NC(=O)CC3C(=O)Nc3ccc(C(C)C)cc3)N2)cc1. The number of hydrogen-bond donors (Lipinski definition) is 5. The van der Waals surface area contributed by atoms with Gasteiger partial charge in [0.15, 0.2) is 6.29 Å². The van der Waals surface area contributed by atoms with Crippen molar-refractivity contribution < 1.29 is 14.4 Å². The minimum absolute atomic E-state index is 0.0394. The number of anilines is 2. The van der Waals surface area contributed by atoms with Crippen molar-refractivity contribution in [3.05, 3.63) is 59.7 Å². The number of carbonyl (C=O) groups is 3. The number of aryl methyl sites for hydroxylation is 1. The second kappa shape index (κ2) is 9.00. The van der Waals surface area contributed by atoms with E-state index in [4.69, 9.17) is 0 Å². The molecule has 4 atom stereocenters. The third-order valence-corrected chi connectivity index (χ3v) is 5.99. The molecule has 0 saturated carbocycles. The van der Waals surface area contributed by atoms with Crippen LogP contribution in [0.5, 0.6) is 0 Å². The fourth-order valence-corrected chi connectivity index (χ4v) is 4.16. The lowest BCUT2D eigenvalue weighted by molar-refractivity contribution is -0.144. The van der Waals surface area contributed by atoms with Crippen LogP contribution in [0, 0.1) is 18.8 Å². The van der Waals surface area contributed by atoms with Gasteiger partial charge in [-0.1, -0.05) is 43.7 Å². The van der Waals surface area contributed by atoms with Gasteiger partial charge in [0.25, 0.3) is 0 Å². The summed E-state index contributed by atoms with van der Waals surface area (Å²) in [6.07, 6.45) is -1.26. The van der Waals surface area contributed by atoms with Crippen molar-refractivity contribution in [3.8, 4) is 0 Å². The summed E-state index contributed by atoms with van der Waals surface area (Å²) in [4.78, 5) is 38.3. The Morgan fingerprint density at radius 1 is 0.969 bits per heavy atom. The smallest absolute Gasteiger partial charge is 0.229 e. The molecule has 3 amide bonds. The number of nitrogens with one attached hydrogen (secondary N) is 5. The highest BCUT2D eigenvalue weighted by Gasteiger charge is 2.48. The Balaban J connectivity index is 1.45. The molecule has 0 bridgehead atoms. The Labute approximate surface area is 187 Å². The van der Waals surface area contributed by atoms with Crippen LogP contribution in [0.1, 0.15) is 37.3 Å². The molecule has 2 aromatic carbocycles. The van der Waals surface area contributed by atoms with Gasteiger partial charge in [0.1, 0.15) is 0 Å². The van der Waals surface area contributed by atoms with Gasteiger partial charge in [0.05, 0.1) is 18.0 Å². The maximum Gasteiger partial charge on any atom is 0.229 e. The van der Waals surface area contributed by atoms with Gasteiger partial charge >= 0.3 is 0 Å². The molecule has 4 unspecified atom stereocenters. The maximum atomic E-state index is 13.0. The third kappa shape index (κ3) is 4.75. The number of hydrogen-bond acceptors (Lipinski definition) is 5. The standard InChI is InChI=1S/C24H29N5O3/c1-13(2)15-6-10-16(11-7-15)25-22(31)18-12-19(30)27-21-20(18)23(32)29-24(28-21)26-17-8-4-14(3)5-9-17/h4-11,13,18,20-21,24,26,28H,12H2,1-3H3,(H,25,31)(H,27,30)(H,29,32). The van der Waals surface area contributed by atoms with Gasteiger partial charge in [-0.3, -0.25) is 19.7 Å². The molecular weight excluding hydrogens is 406 g/mol. The van der Waals surface area contributed by atoms with E-state index in [1.165, 1.54) is 5.56 Å². The molecule has 8 nitrogen and oxygen atoms in total. The van der Waals surface area contributed by atoms with Crippen LogP contribution < -0.4 is 26.6 Å². The van der Waals surface area contributed by atoms with Gasteiger partial charge in [-0.15, -0.1) is 0 Å². The van der Waals surface area contributed by atoms with E-state index in [1.54, 1.807) is 0 Å². The van der Waals surface area contributed by atoms with Crippen molar-refractivity contribution in [1.29, 1.82) is 0 Å². The van der Waals surface area contributed by atoms with Crippen LogP contribution in [0.25, 0.3) is 0 Å². The molecule has 2 fully saturated rings.